The van der Waals surface area contributed by atoms with Crippen LogP contribution in [0.3, 0.4) is 0 Å². The lowest BCUT2D eigenvalue weighted by Crippen LogP contribution is -2.22. The Bertz CT molecular complexity index is 1040. The van der Waals surface area contributed by atoms with Gasteiger partial charge in [-0.1, -0.05) is 98.3 Å². The second-order valence-corrected chi connectivity index (χ2v) is 8.13. The number of benzene rings is 2. The first-order valence-corrected chi connectivity index (χ1v) is 10.5. The fraction of sp³-hybridized carbons (Fsp3) is 0.286. The SMILES string of the molecule is C=CC1=C(C)C(/C=C/C)(CCC)C2=C1C=CC(c1ccc3ccccc3c1)C2. The van der Waals surface area contributed by atoms with Crippen LogP contribution in [-0.2, 0) is 0 Å². The zero-order valence-electron chi connectivity index (χ0n) is 17.3. The maximum absolute atomic E-state index is 4.13. The van der Waals surface area contributed by atoms with E-state index in [0.29, 0.717) is 5.92 Å². The third-order valence-electron chi connectivity index (χ3n) is 6.65. The molecule has 0 radical (unpaired) electrons. The van der Waals surface area contributed by atoms with Crippen LogP contribution in [0.5, 0.6) is 0 Å². The van der Waals surface area contributed by atoms with Gasteiger partial charge in [-0.15, -0.1) is 0 Å². The van der Waals surface area contributed by atoms with Crippen LogP contribution >= 0.6 is 0 Å². The quantitative estimate of drug-likeness (QED) is 0.469. The van der Waals surface area contributed by atoms with Gasteiger partial charge in [-0.2, -0.15) is 0 Å². The molecule has 2 aliphatic rings. The van der Waals surface area contributed by atoms with Crippen molar-refractivity contribution in [3.8, 4) is 0 Å². The van der Waals surface area contributed by atoms with Crippen molar-refractivity contribution in [3.63, 3.8) is 0 Å². The summed E-state index contributed by atoms with van der Waals surface area (Å²) in [6.07, 6.45) is 14.9. The molecule has 0 fully saturated rings. The second kappa shape index (κ2) is 7.43. The molecule has 0 bridgehead atoms. The third-order valence-corrected chi connectivity index (χ3v) is 6.65. The van der Waals surface area contributed by atoms with Gasteiger partial charge in [0.2, 0.25) is 0 Å². The average molecular weight is 367 g/mol. The molecule has 2 unspecified atom stereocenters. The Hall–Kier alpha value is -2.60. The van der Waals surface area contributed by atoms with Crippen LogP contribution in [0.2, 0.25) is 0 Å². The van der Waals surface area contributed by atoms with E-state index in [2.05, 4.69) is 100 Å². The van der Waals surface area contributed by atoms with Crippen LogP contribution in [0.1, 0.15) is 51.5 Å². The summed E-state index contributed by atoms with van der Waals surface area (Å²) in [5.74, 6) is 0.432. The lowest BCUT2D eigenvalue weighted by Gasteiger charge is -2.34. The zero-order valence-corrected chi connectivity index (χ0v) is 17.3. The van der Waals surface area contributed by atoms with Gasteiger partial charge in [0.15, 0.2) is 0 Å². The number of hydrogen-bond donors (Lipinski definition) is 0. The van der Waals surface area contributed by atoms with E-state index in [1.54, 1.807) is 5.57 Å². The van der Waals surface area contributed by atoms with E-state index in [0.717, 1.165) is 12.8 Å². The summed E-state index contributed by atoms with van der Waals surface area (Å²) in [5.41, 5.74) is 7.28. The predicted molar refractivity (Wildman–Crippen MR) is 123 cm³/mol. The van der Waals surface area contributed by atoms with Crippen molar-refractivity contribution in [2.24, 2.45) is 5.41 Å². The summed E-state index contributed by atoms with van der Waals surface area (Å²) in [4.78, 5) is 0. The van der Waals surface area contributed by atoms with Crippen LogP contribution in [0.4, 0.5) is 0 Å². The van der Waals surface area contributed by atoms with Gasteiger partial charge in [-0.25, -0.2) is 0 Å². The summed E-state index contributed by atoms with van der Waals surface area (Å²) >= 11 is 0. The van der Waals surface area contributed by atoms with Crippen molar-refractivity contribution in [2.45, 2.75) is 46.0 Å². The lowest BCUT2D eigenvalue weighted by molar-refractivity contribution is 0.473. The number of rotatable bonds is 5. The second-order valence-electron chi connectivity index (χ2n) is 8.13. The summed E-state index contributed by atoms with van der Waals surface area (Å²) in [7, 11) is 0. The van der Waals surface area contributed by atoms with Crippen molar-refractivity contribution < 1.29 is 0 Å². The Kier molecular flexibility index (Phi) is 4.98. The minimum Gasteiger partial charge on any atom is -0.0984 e. The molecule has 2 aliphatic carbocycles. The van der Waals surface area contributed by atoms with Crippen molar-refractivity contribution in [3.05, 3.63) is 107 Å². The van der Waals surface area contributed by atoms with Crippen molar-refractivity contribution in [2.75, 3.05) is 0 Å². The summed E-state index contributed by atoms with van der Waals surface area (Å²) < 4.78 is 0. The van der Waals surface area contributed by atoms with Crippen molar-refractivity contribution in [1.82, 2.24) is 0 Å². The Labute approximate surface area is 169 Å². The molecule has 0 aromatic heterocycles. The first-order chi connectivity index (χ1) is 13.6. The number of allylic oxidation sites excluding steroid dienone is 9. The predicted octanol–water partition coefficient (Wildman–Crippen LogP) is 8.06. The molecular formula is C28H30. The zero-order chi connectivity index (χ0) is 19.7. The summed E-state index contributed by atoms with van der Waals surface area (Å²) in [6, 6.07) is 15.6. The maximum Gasteiger partial charge on any atom is 0.0316 e. The van der Waals surface area contributed by atoms with Gasteiger partial charge in [0, 0.05) is 11.3 Å². The topological polar surface area (TPSA) is 0 Å². The van der Waals surface area contributed by atoms with Gasteiger partial charge in [-0.05, 0) is 59.7 Å². The fourth-order valence-corrected chi connectivity index (χ4v) is 5.31. The van der Waals surface area contributed by atoms with E-state index in [-0.39, 0.29) is 5.41 Å². The Morgan fingerprint density at radius 2 is 1.93 bits per heavy atom. The average Bonchev–Trinajstić information content (AvgIpc) is 2.95. The molecule has 4 rings (SSSR count). The molecule has 0 amide bonds. The fourth-order valence-electron chi connectivity index (χ4n) is 5.31. The van der Waals surface area contributed by atoms with Gasteiger partial charge in [0.05, 0.1) is 0 Å². The molecule has 142 valence electrons. The number of fused-ring (bicyclic) bond motifs is 1. The van der Waals surface area contributed by atoms with Crippen LogP contribution in [0.15, 0.2) is 102 Å². The monoisotopic (exact) mass is 366 g/mol. The molecule has 0 N–H and O–H groups in total. The normalized spacial score (nSPS) is 24.5. The molecule has 0 spiro atoms. The van der Waals surface area contributed by atoms with Gasteiger partial charge < -0.3 is 0 Å². The Morgan fingerprint density at radius 3 is 2.64 bits per heavy atom. The molecule has 2 aromatic carbocycles. The highest BCUT2D eigenvalue weighted by atomic mass is 14.5. The first kappa shape index (κ1) is 18.7. The Balaban J connectivity index is 1.77. The van der Waals surface area contributed by atoms with Gasteiger partial charge in [0.25, 0.3) is 0 Å². The van der Waals surface area contributed by atoms with Crippen LogP contribution in [0.25, 0.3) is 10.8 Å². The molecule has 2 atom stereocenters. The molecule has 0 saturated heterocycles. The molecular weight excluding hydrogens is 336 g/mol. The molecule has 0 saturated carbocycles. The van der Waals surface area contributed by atoms with E-state index < -0.39 is 0 Å². The molecule has 2 aromatic rings. The first-order valence-electron chi connectivity index (χ1n) is 10.5. The molecule has 0 aliphatic heterocycles. The molecule has 0 heteroatoms. The van der Waals surface area contributed by atoms with Crippen LogP contribution in [-0.4, -0.2) is 0 Å². The van der Waals surface area contributed by atoms with Crippen LogP contribution in [0, 0.1) is 5.41 Å². The van der Waals surface area contributed by atoms with E-state index >= 15 is 0 Å². The van der Waals surface area contributed by atoms with Gasteiger partial charge >= 0.3 is 0 Å². The van der Waals surface area contributed by atoms with Crippen molar-refractivity contribution in [1.29, 1.82) is 0 Å². The van der Waals surface area contributed by atoms with Crippen LogP contribution < -0.4 is 0 Å². The van der Waals surface area contributed by atoms with Gasteiger partial charge in [0.1, 0.15) is 0 Å². The van der Waals surface area contributed by atoms with E-state index in [9.17, 15) is 0 Å². The highest BCUT2D eigenvalue weighted by Gasteiger charge is 2.42. The summed E-state index contributed by atoms with van der Waals surface area (Å²) in [5, 5.41) is 2.64. The molecule has 28 heavy (non-hydrogen) atoms. The minimum absolute atomic E-state index is 0.0578. The van der Waals surface area contributed by atoms with Gasteiger partial charge in [-0.3, -0.25) is 0 Å². The highest BCUT2D eigenvalue weighted by Crippen LogP contribution is 2.56. The Morgan fingerprint density at radius 1 is 1.14 bits per heavy atom. The number of hydrogen-bond acceptors (Lipinski definition) is 0. The largest absolute Gasteiger partial charge is 0.0984 e. The smallest absolute Gasteiger partial charge is 0.0316 e. The minimum atomic E-state index is 0.0578. The highest BCUT2D eigenvalue weighted by molar-refractivity contribution is 5.83. The summed E-state index contributed by atoms with van der Waals surface area (Å²) in [6.45, 7) is 10.9. The molecule has 0 nitrogen and oxygen atoms in total. The molecule has 0 heterocycles. The third kappa shape index (κ3) is 2.83. The van der Waals surface area contributed by atoms with Crippen molar-refractivity contribution >= 4 is 10.8 Å². The van der Waals surface area contributed by atoms with E-state index in [1.165, 1.54) is 39.5 Å². The standard InChI is InChI=1S/C28H30/c1-5-16-28(17-6-2)20(4)25(7-3)26-15-14-24(19-27(26)28)23-13-12-21-10-8-9-11-22(21)18-23/h5,7-16,18,24H,3,6,17,19H2,1-2,4H3/b16-5+. The lowest BCUT2D eigenvalue weighted by atomic mass is 9.69. The van der Waals surface area contributed by atoms with E-state index in [4.69, 9.17) is 0 Å². The van der Waals surface area contributed by atoms with E-state index in [1.807, 2.05) is 0 Å². The maximum atomic E-state index is 4.13.